The van der Waals surface area contributed by atoms with E-state index < -0.39 is 11.9 Å². The Bertz CT molecular complexity index is 1000. The number of para-hydroxylation sites is 1. The summed E-state index contributed by atoms with van der Waals surface area (Å²) in [6, 6.07) is 13.0. The van der Waals surface area contributed by atoms with Crippen LogP contribution in [0.3, 0.4) is 0 Å². The van der Waals surface area contributed by atoms with Crippen LogP contribution in [-0.2, 0) is 14.3 Å². The molecule has 1 aliphatic heterocycles. The number of hydrogen-bond donors (Lipinski definition) is 2. The van der Waals surface area contributed by atoms with Gasteiger partial charge in [0.15, 0.2) is 0 Å². The molecule has 1 aliphatic rings. The lowest BCUT2D eigenvalue weighted by Crippen LogP contribution is -2.29. The quantitative estimate of drug-likeness (QED) is 0.617. The van der Waals surface area contributed by atoms with Gasteiger partial charge in [-0.2, -0.15) is 0 Å². The summed E-state index contributed by atoms with van der Waals surface area (Å²) in [5.41, 5.74) is 1.51. The number of nitrogens with one attached hydrogen (secondary N) is 2. The molecule has 2 aromatic rings. The van der Waals surface area contributed by atoms with Gasteiger partial charge in [-0.25, -0.2) is 4.79 Å². The summed E-state index contributed by atoms with van der Waals surface area (Å²) in [6.07, 6.45) is 2.14. The van der Waals surface area contributed by atoms with Crippen LogP contribution in [0.25, 0.3) is 0 Å². The fraction of sp³-hybridized carbons (Fsp3) is 0.333. The van der Waals surface area contributed by atoms with E-state index in [0.717, 1.165) is 12.8 Å². The molecule has 3 rings (SSSR count). The van der Waals surface area contributed by atoms with Crippen LogP contribution in [0.2, 0.25) is 0 Å². The summed E-state index contributed by atoms with van der Waals surface area (Å²) in [6.45, 7) is 3.18. The second kappa shape index (κ2) is 10.6. The van der Waals surface area contributed by atoms with Gasteiger partial charge < -0.3 is 20.3 Å². The Kier molecular flexibility index (Phi) is 7.59. The first-order valence-electron chi connectivity index (χ1n) is 10.6. The Morgan fingerprint density at radius 2 is 1.78 bits per heavy atom. The van der Waals surface area contributed by atoms with Crippen LogP contribution >= 0.6 is 0 Å². The molecule has 0 radical (unpaired) electrons. The highest BCUT2D eigenvalue weighted by Gasteiger charge is 2.33. The second-order valence-electron chi connectivity index (χ2n) is 7.65. The zero-order valence-electron chi connectivity index (χ0n) is 18.2. The lowest BCUT2D eigenvalue weighted by Gasteiger charge is -2.16. The van der Waals surface area contributed by atoms with Gasteiger partial charge in [0.25, 0.3) is 5.91 Å². The number of nitrogens with zero attached hydrogens (tertiary/aromatic N) is 1. The Balaban J connectivity index is 1.60. The molecule has 3 amide bonds. The maximum atomic E-state index is 12.6. The average molecular weight is 437 g/mol. The van der Waals surface area contributed by atoms with Crippen molar-refractivity contribution in [3.05, 3.63) is 59.7 Å². The molecule has 1 heterocycles. The zero-order chi connectivity index (χ0) is 23.1. The van der Waals surface area contributed by atoms with E-state index in [9.17, 15) is 19.2 Å². The number of likely N-dealkylation sites (tertiary alicyclic amines) is 1. The highest BCUT2D eigenvalue weighted by Crippen LogP contribution is 2.21. The standard InChI is InChI=1S/C24H27N3O5/c1-3-4-13-27-15-17(14-21(27)28)23(30)25-18-11-9-16(10-12-18)22(29)26-20-8-6-5-7-19(20)24(31)32-2/h5-12,17H,3-4,13-15H2,1-2H3,(H,25,30)(H,26,29)/t17-/m1/s1. The molecule has 1 atom stereocenters. The molecule has 32 heavy (non-hydrogen) atoms. The predicted octanol–water partition coefficient (Wildman–Crippen LogP) is 3.31. The summed E-state index contributed by atoms with van der Waals surface area (Å²) in [4.78, 5) is 50.8. The maximum absolute atomic E-state index is 12.6. The minimum Gasteiger partial charge on any atom is -0.465 e. The van der Waals surface area contributed by atoms with Crippen LogP contribution in [0.4, 0.5) is 11.4 Å². The summed E-state index contributed by atoms with van der Waals surface area (Å²) < 4.78 is 4.74. The SMILES string of the molecule is CCCCN1C[C@H](C(=O)Nc2ccc(C(=O)Nc3ccccc3C(=O)OC)cc2)CC1=O. The number of carbonyl (C=O) groups is 4. The van der Waals surface area contributed by atoms with E-state index in [0.29, 0.717) is 30.0 Å². The number of benzene rings is 2. The van der Waals surface area contributed by atoms with E-state index in [-0.39, 0.29) is 29.7 Å². The van der Waals surface area contributed by atoms with Gasteiger partial charge in [0, 0.05) is 30.8 Å². The molecular formula is C24H27N3O5. The normalized spacial score (nSPS) is 15.4. The number of ether oxygens (including phenoxy) is 1. The van der Waals surface area contributed by atoms with Gasteiger partial charge >= 0.3 is 5.97 Å². The highest BCUT2D eigenvalue weighted by atomic mass is 16.5. The molecule has 0 unspecified atom stereocenters. The van der Waals surface area contributed by atoms with Gasteiger partial charge in [-0.15, -0.1) is 0 Å². The van der Waals surface area contributed by atoms with Crippen molar-refractivity contribution in [2.75, 3.05) is 30.8 Å². The van der Waals surface area contributed by atoms with E-state index in [1.54, 1.807) is 53.4 Å². The molecule has 0 bridgehead atoms. The number of esters is 1. The van der Waals surface area contributed by atoms with E-state index in [4.69, 9.17) is 4.74 Å². The van der Waals surface area contributed by atoms with Crippen LogP contribution in [0.1, 0.15) is 46.9 Å². The van der Waals surface area contributed by atoms with Crippen molar-refractivity contribution >= 4 is 35.1 Å². The first-order valence-corrected chi connectivity index (χ1v) is 10.6. The van der Waals surface area contributed by atoms with E-state index in [2.05, 4.69) is 17.6 Å². The Hall–Kier alpha value is -3.68. The van der Waals surface area contributed by atoms with Crippen molar-refractivity contribution in [2.24, 2.45) is 5.92 Å². The van der Waals surface area contributed by atoms with E-state index in [1.165, 1.54) is 7.11 Å². The van der Waals surface area contributed by atoms with Crippen LogP contribution in [0.15, 0.2) is 48.5 Å². The second-order valence-corrected chi connectivity index (χ2v) is 7.65. The van der Waals surface area contributed by atoms with Gasteiger partial charge in [-0.3, -0.25) is 14.4 Å². The Morgan fingerprint density at radius 3 is 2.47 bits per heavy atom. The van der Waals surface area contributed by atoms with Crippen LogP contribution < -0.4 is 10.6 Å². The predicted molar refractivity (Wildman–Crippen MR) is 120 cm³/mol. The monoisotopic (exact) mass is 437 g/mol. The zero-order valence-corrected chi connectivity index (χ0v) is 18.2. The fourth-order valence-corrected chi connectivity index (χ4v) is 3.54. The van der Waals surface area contributed by atoms with Crippen molar-refractivity contribution in [2.45, 2.75) is 26.2 Å². The smallest absolute Gasteiger partial charge is 0.339 e. The summed E-state index contributed by atoms with van der Waals surface area (Å²) in [7, 11) is 1.28. The number of carbonyl (C=O) groups excluding carboxylic acids is 4. The molecule has 168 valence electrons. The molecule has 8 nitrogen and oxygen atoms in total. The first-order chi connectivity index (χ1) is 15.4. The molecule has 1 saturated heterocycles. The van der Waals surface area contributed by atoms with Gasteiger partial charge in [-0.05, 0) is 42.8 Å². The van der Waals surface area contributed by atoms with Crippen LogP contribution in [-0.4, -0.2) is 48.8 Å². The molecule has 0 spiro atoms. The van der Waals surface area contributed by atoms with Gasteiger partial charge in [0.1, 0.15) is 0 Å². The Morgan fingerprint density at radius 1 is 1.06 bits per heavy atom. The van der Waals surface area contributed by atoms with Crippen molar-refractivity contribution in [3.63, 3.8) is 0 Å². The maximum Gasteiger partial charge on any atom is 0.339 e. The van der Waals surface area contributed by atoms with Crippen molar-refractivity contribution in [1.29, 1.82) is 0 Å². The largest absolute Gasteiger partial charge is 0.465 e. The number of amides is 3. The molecular weight excluding hydrogens is 410 g/mol. The minimum atomic E-state index is -0.544. The first kappa shape index (κ1) is 23.0. The lowest BCUT2D eigenvalue weighted by molar-refractivity contribution is -0.128. The average Bonchev–Trinajstić information content (AvgIpc) is 3.18. The minimum absolute atomic E-state index is 0.0119. The molecule has 2 aromatic carbocycles. The molecule has 0 aromatic heterocycles. The number of hydrogen-bond acceptors (Lipinski definition) is 5. The molecule has 1 fully saturated rings. The summed E-state index contributed by atoms with van der Waals surface area (Å²) >= 11 is 0. The van der Waals surface area contributed by atoms with Crippen molar-refractivity contribution in [1.82, 2.24) is 4.90 Å². The summed E-state index contributed by atoms with van der Waals surface area (Å²) in [5, 5.41) is 5.52. The molecule has 0 aliphatic carbocycles. The number of unbranched alkanes of at least 4 members (excludes halogenated alkanes) is 1. The number of rotatable bonds is 8. The van der Waals surface area contributed by atoms with Crippen LogP contribution in [0, 0.1) is 5.92 Å². The molecule has 8 heteroatoms. The summed E-state index contributed by atoms with van der Waals surface area (Å²) in [5.74, 6) is -1.51. The fourth-order valence-electron chi connectivity index (χ4n) is 3.54. The third-order valence-corrected chi connectivity index (χ3v) is 5.36. The van der Waals surface area contributed by atoms with Gasteiger partial charge in [-0.1, -0.05) is 25.5 Å². The van der Waals surface area contributed by atoms with Crippen molar-refractivity contribution in [3.8, 4) is 0 Å². The molecule has 2 N–H and O–H groups in total. The topological polar surface area (TPSA) is 105 Å². The highest BCUT2D eigenvalue weighted by molar-refractivity contribution is 6.08. The van der Waals surface area contributed by atoms with Gasteiger partial charge in [0.05, 0.1) is 24.3 Å². The Labute approximate surface area is 186 Å². The van der Waals surface area contributed by atoms with E-state index in [1.807, 2.05) is 0 Å². The number of methoxy groups -OCH3 is 1. The third-order valence-electron chi connectivity index (χ3n) is 5.36. The number of anilines is 2. The van der Waals surface area contributed by atoms with Gasteiger partial charge in [0.2, 0.25) is 11.8 Å². The molecule has 0 saturated carbocycles. The third kappa shape index (κ3) is 5.51. The van der Waals surface area contributed by atoms with E-state index >= 15 is 0 Å². The van der Waals surface area contributed by atoms with Crippen molar-refractivity contribution < 1.29 is 23.9 Å². The lowest BCUT2D eigenvalue weighted by atomic mass is 10.1. The van der Waals surface area contributed by atoms with Crippen LogP contribution in [0.5, 0.6) is 0 Å².